The van der Waals surface area contributed by atoms with Crippen molar-refractivity contribution in [2.75, 3.05) is 0 Å². The summed E-state index contributed by atoms with van der Waals surface area (Å²) in [5.41, 5.74) is 0.506. The van der Waals surface area contributed by atoms with E-state index in [4.69, 9.17) is 0 Å². The summed E-state index contributed by atoms with van der Waals surface area (Å²) in [5, 5.41) is 29.1. The normalized spacial score (nSPS) is 10.9. The van der Waals surface area contributed by atoms with Crippen LogP contribution < -0.4 is 5.69 Å². The molecule has 5 N–H and O–H groups in total. The first-order valence-corrected chi connectivity index (χ1v) is 6.23. The summed E-state index contributed by atoms with van der Waals surface area (Å²) in [6, 6.07) is 10.4. The van der Waals surface area contributed by atoms with Gasteiger partial charge in [0.2, 0.25) is 11.8 Å². The molecule has 2 aromatic heterocycles. The molecule has 0 saturated carbocycles. The van der Waals surface area contributed by atoms with E-state index in [0.717, 1.165) is 10.1 Å². The highest BCUT2D eigenvalue weighted by Gasteiger charge is 2.19. The number of aromatic amines is 2. The Morgan fingerprint density at radius 3 is 2.38 bits per heavy atom. The molecule has 3 rings (SSSR count). The lowest BCUT2D eigenvalue weighted by atomic mass is 10.2. The van der Waals surface area contributed by atoms with Gasteiger partial charge in [0, 0.05) is 6.07 Å². The lowest BCUT2D eigenvalue weighted by molar-refractivity contribution is 0.419. The number of hydrogen-bond donors (Lipinski definition) is 5. The molecule has 7 nitrogen and oxygen atoms in total. The third-order valence-corrected chi connectivity index (χ3v) is 3.19. The topological polar surface area (TPSA) is 114 Å². The molecule has 0 aliphatic rings. The number of nitrogens with zero attached hydrogens (tertiary/aromatic N) is 1. The smallest absolute Gasteiger partial charge is 0.329 e. The molecule has 0 fully saturated rings. The lowest BCUT2D eigenvalue weighted by Gasteiger charge is -2.03. The van der Waals surface area contributed by atoms with Gasteiger partial charge in [-0.15, -0.1) is 0 Å². The third-order valence-electron chi connectivity index (χ3n) is 3.19. The van der Waals surface area contributed by atoms with Gasteiger partial charge in [0.15, 0.2) is 5.88 Å². The number of aromatic hydroxyl groups is 3. The summed E-state index contributed by atoms with van der Waals surface area (Å²) in [5.74, 6) is -0.910. The van der Waals surface area contributed by atoms with E-state index in [2.05, 4.69) is 9.97 Å². The van der Waals surface area contributed by atoms with E-state index >= 15 is 0 Å². The van der Waals surface area contributed by atoms with Gasteiger partial charge in [0.25, 0.3) is 0 Å². The van der Waals surface area contributed by atoms with Crippen molar-refractivity contribution in [3.8, 4) is 28.9 Å². The van der Waals surface area contributed by atoms with Crippen LogP contribution in [0.25, 0.3) is 11.3 Å². The third kappa shape index (κ3) is 2.25. The zero-order valence-corrected chi connectivity index (χ0v) is 10.9. The molecule has 0 spiro atoms. The number of nitrogens with one attached hydrogen (secondary N) is 2. The Kier molecular flexibility index (Phi) is 2.94. The largest absolute Gasteiger partial charge is 0.494 e. The molecule has 0 atom stereocenters. The second-order valence-corrected chi connectivity index (χ2v) is 4.62. The van der Waals surface area contributed by atoms with Crippen molar-refractivity contribution in [3.63, 3.8) is 0 Å². The number of aromatic nitrogens is 3. The van der Waals surface area contributed by atoms with Crippen molar-refractivity contribution in [1.82, 2.24) is 14.5 Å². The van der Waals surface area contributed by atoms with E-state index in [0.29, 0.717) is 0 Å². The van der Waals surface area contributed by atoms with Gasteiger partial charge in [-0.1, -0.05) is 30.3 Å². The Hall–Kier alpha value is -3.09. The Balaban J connectivity index is 2.05. The predicted octanol–water partition coefficient (Wildman–Crippen LogP) is 1.34. The van der Waals surface area contributed by atoms with E-state index in [1.807, 2.05) is 30.3 Å². The van der Waals surface area contributed by atoms with Gasteiger partial charge in [-0.2, -0.15) is 0 Å². The minimum atomic E-state index is -0.508. The summed E-state index contributed by atoms with van der Waals surface area (Å²) >= 11 is 0. The van der Waals surface area contributed by atoms with Crippen molar-refractivity contribution >= 4 is 0 Å². The molecule has 0 aliphatic heterocycles. The number of H-pyrrole nitrogens is 2. The Morgan fingerprint density at radius 2 is 1.76 bits per heavy atom. The molecule has 0 saturated heterocycles. The second kappa shape index (κ2) is 4.78. The number of imidazole rings is 1. The first kappa shape index (κ1) is 12.9. The van der Waals surface area contributed by atoms with Crippen LogP contribution >= 0.6 is 0 Å². The van der Waals surface area contributed by atoms with Gasteiger partial charge < -0.3 is 20.3 Å². The van der Waals surface area contributed by atoms with Gasteiger partial charge in [-0.05, 0) is 5.56 Å². The molecule has 0 unspecified atom stereocenters. The van der Waals surface area contributed by atoms with Crippen LogP contribution in [0.5, 0.6) is 17.6 Å². The van der Waals surface area contributed by atoms with Crippen LogP contribution in [0.1, 0.15) is 5.56 Å². The van der Waals surface area contributed by atoms with Crippen molar-refractivity contribution in [3.05, 3.63) is 52.4 Å². The molecule has 0 aliphatic carbocycles. The maximum absolute atomic E-state index is 11.9. The molecule has 7 heteroatoms. The van der Waals surface area contributed by atoms with Crippen molar-refractivity contribution in [2.45, 2.75) is 6.54 Å². The van der Waals surface area contributed by atoms with E-state index in [1.54, 1.807) is 0 Å². The van der Waals surface area contributed by atoms with Crippen molar-refractivity contribution in [1.29, 1.82) is 0 Å². The summed E-state index contributed by atoms with van der Waals surface area (Å²) in [6.07, 6.45) is 0. The van der Waals surface area contributed by atoms with Crippen LogP contribution in [0.2, 0.25) is 0 Å². The zero-order valence-electron chi connectivity index (χ0n) is 10.9. The van der Waals surface area contributed by atoms with E-state index in [1.165, 1.54) is 6.07 Å². The summed E-state index contributed by atoms with van der Waals surface area (Å²) in [6.45, 7) is 0.194. The molecule has 0 radical (unpaired) electrons. The fraction of sp³-hybridized carbons (Fsp3) is 0.0714. The predicted molar refractivity (Wildman–Crippen MR) is 75.4 cm³/mol. The van der Waals surface area contributed by atoms with Crippen LogP contribution in [0.15, 0.2) is 41.2 Å². The summed E-state index contributed by atoms with van der Waals surface area (Å²) < 4.78 is 1.15. The molecule has 21 heavy (non-hydrogen) atoms. The van der Waals surface area contributed by atoms with Gasteiger partial charge in [0.05, 0.1) is 12.1 Å². The van der Waals surface area contributed by atoms with Crippen LogP contribution in [0, 0.1) is 0 Å². The molecule has 1 aromatic carbocycles. The van der Waals surface area contributed by atoms with Crippen molar-refractivity contribution in [2.24, 2.45) is 0 Å². The minimum Gasteiger partial charge on any atom is -0.494 e. The molecular weight excluding hydrogens is 274 g/mol. The Bertz CT molecular complexity index is 830. The molecule has 3 aromatic rings. The number of rotatable bonds is 3. The maximum Gasteiger partial charge on any atom is 0.329 e. The Morgan fingerprint density at radius 1 is 1.05 bits per heavy atom. The highest BCUT2D eigenvalue weighted by molar-refractivity contribution is 5.71. The van der Waals surface area contributed by atoms with Crippen LogP contribution in [0.4, 0.5) is 0 Å². The maximum atomic E-state index is 11.9. The SMILES string of the molecule is O=c1[nH]c(-c2cc(O)[nH]c2O)c(O)n1Cc1ccccc1. The van der Waals surface area contributed by atoms with Crippen LogP contribution in [-0.4, -0.2) is 29.9 Å². The molecular formula is C14H13N3O4. The standard InChI is InChI=1S/C14H13N3O4/c18-10-6-9(12(19)15-10)11-13(20)17(14(21)16-11)7-8-4-2-1-3-5-8/h1-6,15,18-20H,7H2,(H,16,21). The monoisotopic (exact) mass is 287 g/mol. The average Bonchev–Trinajstić information content (AvgIpc) is 2.93. The van der Waals surface area contributed by atoms with E-state index < -0.39 is 5.69 Å². The van der Waals surface area contributed by atoms with E-state index in [9.17, 15) is 20.1 Å². The lowest BCUT2D eigenvalue weighted by Crippen LogP contribution is -2.17. The van der Waals surface area contributed by atoms with Gasteiger partial charge in [0.1, 0.15) is 5.69 Å². The zero-order chi connectivity index (χ0) is 15.0. The number of hydrogen-bond acceptors (Lipinski definition) is 4. The van der Waals surface area contributed by atoms with Crippen molar-refractivity contribution < 1.29 is 15.3 Å². The molecule has 2 heterocycles. The first-order valence-electron chi connectivity index (χ1n) is 6.23. The van der Waals surface area contributed by atoms with Crippen LogP contribution in [-0.2, 0) is 6.54 Å². The Labute approximate surface area is 118 Å². The summed E-state index contributed by atoms with van der Waals surface area (Å²) in [7, 11) is 0. The fourth-order valence-corrected chi connectivity index (χ4v) is 2.18. The van der Waals surface area contributed by atoms with Gasteiger partial charge in [-0.3, -0.25) is 9.55 Å². The molecule has 0 amide bonds. The fourth-order valence-electron chi connectivity index (χ4n) is 2.18. The second-order valence-electron chi connectivity index (χ2n) is 4.62. The van der Waals surface area contributed by atoms with Gasteiger partial charge >= 0.3 is 5.69 Å². The quantitative estimate of drug-likeness (QED) is 0.500. The highest BCUT2D eigenvalue weighted by Crippen LogP contribution is 2.35. The minimum absolute atomic E-state index is 0.0463. The van der Waals surface area contributed by atoms with Crippen LogP contribution in [0.3, 0.4) is 0 Å². The molecule has 108 valence electrons. The highest BCUT2D eigenvalue weighted by atomic mass is 16.3. The van der Waals surface area contributed by atoms with Gasteiger partial charge in [-0.25, -0.2) is 4.79 Å². The average molecular weight is 287 g/mol. The molecule has 0 bridgehead atoms. The number of benzene rings is 1. The first-order chi connectivity index (χ1) is 10.1. The summed E-state index contributed by atoms with van der Waals surface area (Å²) in [4.78, 5) is 16.7. The van der Waals surface area contributed by atoms with E-state index in [-0.39, 0.29) is 35.4 Å².